The summed E-state index contributed by atoms with van der Waals surface area (Å²) in [5.41, 5.74) is 3.78. The van der Waals surface area contributed by atoms with Gasteiger partial charge in [-0.15, -0.1) is 0 Å². The summed E-state index contributed by atoms with van der Waals surface area (Å²) in [6.45, 7) is 6.47. The van der Waals surface area contributed by atoms with Gasteiger partial charge < -0.3 is 10.2 Å². The van der Waals surface area contributed by atoms with Crippen molar-refractivity contribution in [3.63, 3.8) is 0 Å². The number of nitrogens with one attached hydrogen (secondary N) is 1. The fourth-order valence-corrected chi connectivity index (χ4v) is 2.98. The number of rotatable bonds is 5. The zero-order valence-electron chi connectivity index (χ0n) is 13.6. The Morgan fingerprint density at radius 3 is 2.43 bits per heavy atom. The van der Waals surface area contributed by atoms with Crippen LogP contribution in [0.4, 0.5) is 5.69 Å². The third-order valence-corrected chi connectivity index (χ3v) is 4.59. The van der Waals surface area contributed by atoms with Crippen LogP contribution < -0.4 is 5.32 Å². The second-order valence-electron chi connectivity index (χ2n) is 6.26. The first-order chi connectivity index (χ1) is 11.2. The highest BCUT2D eigenvalue weighted by atomic mass is 35.5. The molecule has 0 saturated carbocycles. The van der Waals surface area contributed by atoms with Crippen molar-refractivity contribution in [3.8, 4) is 0 Å². The van der Waals surface area contributed by atoms with Crippen LogP contribution in [0.3, 0.4) is 0 Å². The first-order valence-electron chi connectivity index (χ1n) is 8.17. The lowest BCUT2D eigenvalue weighted by Crippen LogP contribution is -2.43. The van der Waals surface area contributed by atoms with Crippen molar-refractivity contribution in [2.45, 2.75) is 13.1 Å². The number of hydrogen-bond acceptors (Lipinski definition) is 3. The lowest BCUT2D eigenvalue weighted by Gasteiger charge is -2.32. The highest BCUT2D eigenvalue weighted by molar-refractivity contribution is 6.30. The predicted octanol–water partition coefficient (Wildman–Crippen LogP) is 3.70. The van der Waals surface area contributed by atoms with E-state index in [1.54, 1.807) is 0 Å². The van der Waals surface area contributed by atoms with Crippen molar-refractivity contribution in [2.24, 2.45) is 0 Å². The van der Waals surface area contributed by atoms with E-state index in [2.05, 4.69) is 58.6 Å². The SMILES string of the molecule is CN1CCN(Cc2cccc(NCc3ccc(Cl)cc3)c2)CC1. The topological polar surface area (TPSA) is 18.5 Å². The molecule has 1 saturated heterocycles. The van der Waals surface area contributed by atoms with Gasteiger partial charge in [0, 0.05) is 50.0 Å². The number of halogens is 1. The van der Waals surface area contributed by atoms with Crippen molar-refractivity contribution in [1.82, 2.24) is 9.80 Å². The highest BCUT2D eigenvalue weighted by Gasteiger charge is 2.13. The molecule has 1 N–H and O–H groups in total. The van der Waals surface area contributed by atoms with Crippen LogP contribution in [0.1, 0.15) is 11.1 Å². The Balaban J connectivity index is 1.55. The molecule has 0 spiro atoms. The van der Waals surface area contributed by atoms with Crippen molar-refractivity contribution in [2.75, 3.05) is 38.5 Å². The summed E-state index contributed by atoms with van der Waals surface area (Å²) >= 11 is 5.92. The molecule has 1 aliphatic rings. The van der Waals surface area contributed by atoms with E-state index in [0.717, 1.165) is 44.3 Å². The van der Waals surface area contributed by atoms with Gasteiger partial charge in [-0.2, -0.15) is 0 Å². The van der Waals surface area contributed by atoms with Crippen LogP contribution in [0.25, 0.3) is 0 Å². The number of benzene rings is 2. The third kappa shape index (κ3) is 4.96. The van der Waals surface area contributed by atoms with Gasteiger partial charge in [-0.3, -0.25) is 4.90 Å². The monoisotopic (exact) mass is 329 g/mol. The minimum atomic E-state index is 0.780. The fourth-order valence-electron chi connectivity index (χ4n) is 2.85. The molecule has 0 aliphatic carbocycles. The Hall–Kier alpha value is -1.55. The Morgan fingerprint density at radius 2 is 1.70 bits per heavy atom. The molecule has 2 aromatic carbocycles. The quantitative estimate of drug-likeness (QED) is 0.902. The minimum absolute atomic E-state index is 0.780. The Kier molecular flexibility index (Phi) is 5.55. The van der Waals surface area contributed by atoms with E-state index in [9.17, 15) is 0 Å². The van der Waals surface area contributed by atoms with E-state index in [0.29, 0.717) is 0 Å². The lowest BCUT2D eigenvalue weighted by atomic mass is 10.1. The minimum Gasteiger partial charge on any atom is -0.381 e. The van der Waals surface area contributed by atoms with Gasteiger partial charge in [0.25, 0.3) is 0 Å². The van der Waals surface area contributed by atoms with Crippen LogP contribution in [-0.2, 0) is 13.1 Å². The van der Waals surface area contributed by atoms with E-state index in [4.69, 9.17) is 11.6 Å². The van der Waals surface area contributed by atoms with Crippen LogP contribution in [-0.4, -0.2) is 43.0 Å². The van der Waals surface area contributed by atoms with Crippen molar-refractivity contribution in [1.29, 1.82) is 0 Å². The van der Waals surface area contributed by atoms with Crippen LogP contribution in [0.15, 0.2) is 48.5 Å². The lowest BCUT2D eigenvalue weighted by molar-refractivity contribution is 0.148. The van der Waals surface area contributed by atoms with E-state index >= 15 is 0 Å². The van der Waals surface area contributed by atoms with Crippen molar-refractivity contribution < 1.29 is 0 Å². The summed E-state index contributed by atoms with van der Waals surface area (Å²) in [7, 11) is 2.19. The average molecular weight is 330 g/mol. The van der Waals surface area contributed by atoms with E-state index < -0.39 is 0 Å². The predicted molar refractivity (Wildman–Crippen MR) is 98.0 cm³/mol. The van der Waals surface area contributed by atoms with Gasteiger partial charge in [0.2, 0.25) is 0 Å². The molecule has 0 radical (unpaired) electrons. The molecule has 0 unspecified atom stereocenters. The van der Waals surface area contributed by atoms with Gasteiger partial charge in [-0.25, -0.2) is 0 Å². The zero-order chi connectivity index (χ0) is 16.1. The van der Waals surface area contributed by atoms with E-state index in [-0.39, 0.29) is 0 Å². The van der Waals surface area contributed by atoms with Crippen LogP contribution in [0, 0.1) is 0 Å². The molecule has 0 atom stereocenters. The smallest absolute Gasteiger partial charge is 0.0406 e. The molecular formula is C19H24ClN3. The van der Waals surface area contributed by atoms with E-state index in [1.165, 1.54) is 16.8 Å². The molecule has 0 amide bonds. The first-order valence-corrected chi connectivity index (χ1v) is 8.55. The first kappa shape index (κ1) is 16.3. The zero-order valence-corrected chi connectivity index (χ0v) is 14.4. The maximum absolute atomic E-state index is 5.92. The summed E-state index contributed by atoms with van der Waals surface area (Å²) in [5, 5.41) is 4.28. The van der Waals surface area contributed by atoms with Gasteiger partial charge in [0.15, 0.2) is 0 Å². The molecule has 1 fully saturated rings. The molecule has 2 aromatic rings. The summed E-state index contributed by atoms with van der Waals surface area (Å²) in [6.07, 6.45) is 0. The highest BCUT2D eigenvalue weighted by Crippen LogP contribution is 2.16. The molecule has 1 aliphatic heterocycles. The summed E-state index contributed by atoms with van der Waals surface area (Å²) in [6, 6.07) is 16.7. The van der Waals surface area contributed by atoms with Gasteiger partial charge in [-0.05, 0) is 42.4 Å². The average Bonchev–Trinajstić information content (AvgIpc) is 2.57. The molecule has 0 bridgehead atoms. The number of piperazine rings is 1. The molecule has 122 valence electrons. The fraction of sp³-hybridized carbons (Fsp3) is 0.368. The Labute approximate surface area is 143 Å². The summed E-state index contributed by atoms with van der Waals surface area (Å²) in [5.74, 6) is 0. The van der Waals surface area contributed by atoms with Crippen LogP contribution in [0.2, 0.25) is 5.02 Å². The van der Waals surface area contributed by atoms with Crippen molar-refractivity contribution in [3.05, 3.63) is 64.7 Å². The summed E-state index contributed by atoms with van der Waals surface area (Å²) in [4.78, 5) is 4.92. The summed E-state index contributed by atoms with van der Waals surface area (Å²) < 4.78 is 0. The molecular weight excluding hydrogens is 306 g/mol. The molecule has 1 heterocycles. The number of likely N-dealkylation sites (N-methyl/N-ethyl adjacent to an activating group) is 1. The second-order valence-corrected chi connectivity index (χ2v) is 6.70. The molecule has 23 heavy (non-hydrogen) atoms. The van der Waals surface area contributed by atoms with Crippen LogP contribution >= 0.6 is 11.6 Å². The maximum atomic E-state index is 5.92. The van der Waals surface area contributed by atoms with Gasteiger partial charge in [-0.1, -0.05) is 35.9 Å². The number of hydrogen-bond donors (Lipinski definition) is 1. The maximum Gasteiger partial charge on any atom is 0.0406 e. The normalized spacial score (nSPS) is 16.4. The Bertz CT molecular complexity index is 619. The molecule has 3 nitrogen and oxygen atoms in total. The van der Waals surface area contributed by atoms with Crippen LogP contribution in [0.5, 0.6) is 0 Å². The number of anilines is 1. The van der Waals surface area contributed by atoms with Gasteiger partial charge >= 0.3 is 0 Å². The van der Waals surface area contributed by atoms with Crippen molar-refractivity contribution >= 4 is 17.3 Å². The molecule has 0 aromatic heterocycles. The molecule has 4 heteroatoms. The second kappa shape index (κ2) is 7.82. The van der Waals surface area contributed by atoms with Gasteiger partial charge in [0.1, 0.15) is 0 Å². The molecule has 3 rings (SSSR count). The Morgan fingerprint density at radius 1 is 0.957 bits per heavy atom. The van der Waals surface area contributed by atoms with E-state index in [1.807, 2.05) is 12.1 Å². The van der Waals surface area contributed by atoms with Gasteiger partial charge in [0.05, 0.1) is 0 Å². The largest absolute Gasteiger partial charge is 0.381 e. The standard InChI is InChI=1S/C19H24ClN3/c1-22-9-11-23(12-10-22)15-17-3-2-4-19(13-17)21-14-16-5-7-18(20)8-6-16/h2-8,13,21H,9-12,14-15H2,1H3. The third-order valence-electron chi connectivity index (χ3n) is 4.34. The number of nitrogens with zero attached hydrogens (tertiary/aromatic N) is 2.